The Bertz CT molecular complexity index is 1680. The molecule has 3 aromatic carbocycles. The molecule has 0 unspecified atom stereocenters. The van der Waals surface area contributed by atoms with Crippen molar-refractivity contribution in [3.63, 3.8) is 0 Å². The molecule has 41 heavy (non-hydrogen) atoms. The fourth-order valence-corrected chi connectivity index (χ4v) is 5.61. The molecule has 0 radical (unpaired) electrons. The van der Waals surface area contributed by atoms with Crippen molar-refractivity contribution in [2.24, 2.45) is 5.10 Å². The second-order valence-corrected chi connectivity index (χ2v) is 10.6. The first-order valence-corrected chi connectivity index (χ1v) is 13.8. The zero-order valence-corrected chi connectivity index (χ0v) is 23.5. The Labute approximate surface area is 243 Å². The fourth-order valence-electron chi connectivity index (χ4n) is 3.83. The number of methoxy groups -OCH3 is 1. The number of aromatic nitrogens is 1. The number of nitrogens with zero attached hydrogens (tertiary/aromatic N) is 3. The molecule has 1 aliphatic heterocycles. The van der Waals surface area contributed by atoms with Crippen LogP contribution in [-0.2, 0) is 4.79 Å². The first kappa shape index (κ1) is 27.6. The molecule has 0 spiro atoms. The normalized spacial score (nSPS) is 14.9. The highest BCUT2D eigenvalue weighted by molar-refractivity contribution is 8.19. The van der Waals surface area contributed by atoms with Crippen molar-refractivity contribution >= 4 is 62.9 Å². The van der Waals surface area contributed by atoms with E-state index in [-0.39, 0.29) is 32.7 Å². The lowest BCUT2D eigenvalue weighted by Gasteiger charge is -2.15. The number of benzene rings is 3. The number of hydrogen-bond acceptors (Lipinski definition) is 9. The number of phenols is 1. The predicted molar refractivity (Wildman–Crippen MR) is 160 cm³/mol. The van der Waals surface area contributed by atoms with Crippen LogP contribution in [0.5, 0.6) is 11.5 Å². The Kier molecular flexibility index (Phi) is 8.13. The van der Waals surface area contributed by atoms with Gasteiger partial charge in [-0.2, -0.15) is 0 Å². The Hall–Kier alpha value is -4.94. The summed E-state index contributed by atoms with van der Waals surface area (Å²) in [6.07, 6.45) is 1.58. The van der Waals surface area contributed by atoms with Gasteiger partial charge in [0, 0.05) is 11.1 Å². The molecule has 206 valence electrons. The van der Waals surface area contributed by atoms with E-state index < -0.39 is 5.91 Å². The molecular formula is C29H23N5O5S2. The Morgan fingerprint density at radius 1 is 1.00 bits per heavy atom. The number of aryl methyl sites for hydroxylation is 1. The third-order valence-electron chi connectivity index (χ3n) is 5.87. The summed E-state index contributed by atoms with van der Waals surface area (Å²) in [5.74, 6) is -0.613. The number of carbonyl (C=O) groups is 3. The quantitative estimate of drug-likeness (QED) is 0.200. The van der Waals surface area contributed by atoms with Gasteiger partial charge in [0.25, 0.3) is 17.7 Å². The van der Waals surface area contributed by atoms with E-state index in [1.165, 1.54) is 11.0 Å². The van der Waals surface area contributed by atoms with E-state index in [1.807, 2.05) is 6.07 Å². The number of amides is 3. The lowest BCUT2D eigenvalue weighted by molar-refractivity contribution is -0.113. The number of thiazole rings is 1. The van der Waals surface area contributed by atoms with Crippen molar-refractivity contribution in [3.05, 3.63) is 105 Å². The average molecular weight is 586 g/mol. The number of rotatable bonds is 7. The summed E-state index contributed by atoms with van der Waals surface area (Å²) in [5.41, 5.74) is 4.37. The second-order valence-electron chi connectivity index (χ2n) is 8.60. The molecule has 5 rings (SSSR count). The topological polar surface area (TPSA) is 133 Å². The van der Waals surface area contributed by atoms with Crippen LogP contribution in [0, 0.1) is 6.92 Å². The Balaban J connectivity index is 1.35. The fraction of sp³-hybridized carbons (Fsp3) is 0.0690. The number of ether oxygens (including phenoxy) is 1. The maximum absolute atomic E-state index is 13.4. The minimum atomic E-state index is -0.545. The van der Waals surface area contributed by atoms with Gasteiger partial charge in [-0.25, -0.2) is 10.4 Å². The van der Waals surface area contributed by atoms with Gasteiger partial charge in [-0.3, -0.25) is 24.6 Å². The first-order valence-electron chi connectivity index (χ1n) is 12.2. The molecule has 12 heteroatoms. The highest BCUT2D eigenvalue weighted by Crippen LogP contribution is 2.37. The molecule has 1 saturated heterocycles. The van der Waals surface area contributed by atoms with Crippen molar-refractivity contribution in [1.82, 2.24) is 10.4 Å². The van der Waals surface area contributed by atoms with Crippen LogP contribution in [0.2, 0.25) is 0 Å². The molecule has 10 nitrogen and oxygen atoms in total. The minimum absolute atomic E-state index is 0.0360. The number of carbonyl (C=O) groups excluding carboxylic acids is 3. The van der Waals surface area contributed by atoms with Crippen LogP contribution in [-0.4, -0.2) is 40.1 Å². The highest BCUT2D eigenvalue weighted by Gasteiger charge is 2.35. The van der Waals surface area contributed by atoms with E-state index in [0.717, 1.165) is 23.1 Å². The molecule has 1 fully saturated rings. The molecule has 3 N–H and O–H groups in total. The number of nitrogens with one attached hydrogen (secondary N) is 2. The number of para-hydroxylation sites is 2. The zero-order valence-electron chi connectivity index (χ0n) is 21.8. The van der Waals surface area contributed by atoms with Gasteiger partial charge in [0.1, 0.15) is 16.4 Å². The number of phenolic OH excluding ortho intramolecular Hbond substituents is 1. The number of hydrogen-bond donors (Lipinski definition) is 3. The molecule has 1 aromatic heterocycles. The van der Waals surface area contributed by atoms with Crippen molar-refractivity contribution in [2.45, 2.75) is 6.92 Å². The lowest BCUT2D eigenvalue weighted by Crippen LogP contribution is -2.31. The highest BCUT2D eigenvalue weighted by atomic mass is 32.2. The molecule has 0 atom stereocenters. The summed E-state index contributed by atoms with van der Waals surface area (Å²) in [5, 5.41) is 17.6. The van der Waals surface area contributed by atoms with Crippen LogP contribution in [0.4, 0.5) is 10.8 Å². The van der Waals surface area contributed by atoms with Crippen molar-refractivity contribution in [2.75, 3.05) is 17.3 Å². The van der Waals surface area contributed by atoms with Crippen LogP contribution < -0.4 is 20.4 Å². The molecule has 4 aromatic rings. The van der Waals surface area contributed by atoms with E-state index in [0.29, 0.717) is 33.2 Å². The van der Waals surface area contributed by atoms with E-state index in [1.54, 1.807) is 86.8 Å². The Morgan fingerprint density at radius 2 is 1.71 bits per heavy atom. The summed E-state index contributed by atoms with van der Waals surface area (Å²) in [6.45, 7) is 1.65. The number of thioether (sulfide) groups is 1. The average Bonchev–Trinajstić information content (AvgIpc) is 3.51. The molecule has 0 saturated carbocycles. The second kappa shape index (κ2) is 12.1. The summed E-state index contributed by atoms with van der Waals surface area (Å²) in [6, 6.07) is 22.2. The van der Waals surface area contributed by atoms with Crippen molar-refractivity contribution in [3.8, 4) is 11.5 Å². The molecule has 1 aliphatic rings. The number of anilines is 2. The minimum Gasteiger partial charge on any atom is -0.507 e. The maximum atomic E-state index is 13.4. The van der Waals surface area contributed by atoms with Gasteiger partial charge in [-0.05, 0) is 67.2 Å². The van der Waals surface area contributed by atoms with Gasteiger partial charge >= 0.3 is 0 Å². The predicted octanol–water partition coefficient (Wildman–Crippen LogP) is 5.24. The SMILES string of the molecule is COc1ccc(C(=O)Nc2nc(C)c(C(=O)N/N=C3/S/C(=C/c4ccccc4O)C(=O)N3c3ccccc3)s2)cc1. The molecule has 0 bridgehead atoms. The third-order valence-corrected chi connectivity index (χ3v) is 7.91. The van der Waals surface area contributed by atoms with Gasteiger partial charge in [0.05, 0.1) is 23.4 Å². The van der Waals surface area contributed by atoms with Crippen LogP contribution >= 0.6 is 23.1 Å². The summed E-state index contributed by atoms with van der Waals surface area (Å²) in [7, 11) is 1.54. The van der Waals surface area contributed by atoms with Gasteiger partial charge in [-0.1, -0.05) is 47.7 Å². The van der Waals surface area contributed by atoms with E-state index in [4.69, 9.17) is 4.74 Å². The number of hydrazone groups is 1. The van der Waals surface area contributed by atoms with Crippen molar-refractivity contribution < 1.29 is 24.2 Å². The molecule has 0 aliphatic carbocycles. The standard InChI is InChI=1S/C29H23N5O5S2/c1-17-24(41-28(30-17)31-25(36)18-12-14-21(39-2)15-13-18)26(37)32-33-29-34(20-9-4-3-5-10-20)27(38)23(40-29)16-19-8-6-7-11-22(19)35/h3-16,35H,1-2H3,(H,32,37)(H,30,31,36)/b23-16+,33-29+. The maximum Gasteiger partial charge on any atom is 0.283 e. The summed E-state index contributed by atoms with van der Waals surface area (Å²) < 4.78 is 5.11. The van der Waals surface area contributed by atoms with Crippen LogP contribution in [0.25, 0.3) is 6.08 Å². The van der Waals surface area contributed by atoms with Crippen LogP contribution in [0.1, 0.15) is 31.3 Å². The largest absolute Gasteiger partial charge is 0.507 e. The van der Waals surface area contributed by atoms with Gasteiger partial charge in [-0.15, -0.1) is 5.10 Å². The summed E-state index contributed by atoms with van der Waals surface area (Å²) in [4.78, 5) is 45.3. The van der Waals surface area contributed by atoms with E-state index >= 15 is 0 Å². The van der Waals surface area contributed by atoms with Crippen molar-refractivity contribution in [1.29, 1.82) is 0 Å². The Morgan fingerprint density at radius 3 is 2.41 bits per heavy atom. The van der Waals surface area contributed by atoms with Gasteiger partial charge in [0.15, 0.2) is 10.3 Å². The van der Waals surface area contributed by atoms with E-state index in [2.05, 4.69) is 20.8 Å². The lowest BCUT2D eigenvalue weighted by atomic mass is 10.2. The van der Waals surface area contributed by atoms with Crippen LogP contribution in [0.15, 0.2) is 88.9 Å². The first-order chi connectivity index (χ1) is 19.8. The van der Waals surface area contributed by atoms with Crippen LogP contribution in [0.3, 0.4) is 0 Å². The number of aromatic hydroxyl groups is 1. The summed E-state index contributed by atoms with van der Waals surface area (Å²) >= 11 is 2.07. The van der Waals surface area contributed by atoms with E-state index in [9.17, 15) is 19.5 Å². The molecule has 3 amide bonds. The van der Waals surface area contributed by atoms with Gasteiger partial charge < -0.3 is 9.84 Å². The third kappa shape index (κ3) is 6.13. The molecular weight excluding hydrogens is 562 g/mol. The molecule has 2 heterocycles. The number of amidine groups is 1. The smallest absolute Gasteiger partial charge is 0.283 e. The van der Waals surface area contributed by atoms with Gasteiger partial charge in [0.2, 0.25) is 0 Å². The zero-order chi connectivity index (χ0) is 28.9. The monoisotopic (exact) mass is 585 g/mol.